The number of benzene rings is 1. The van der Waals surface area contributed by atoms with Gasteiger partial charge >= 0.3 is 0 Å². The summed E-state index contributed by atoms with van der Waals surface area (Å²) in [6, 6.07) is 10.2. The van der Waals surface area contributed by atoms with Gasteiger partial charge in [0.25, 0.3) is 5.91 Å². The van der Waals surface area contributed by atoms with E-state index in [4.69, 9.17) is 10.4 Å². The van der Waals surface area contributed by atoms with Crippen LogP contribution < -0.4 is 11.1 Å². The summed E-state index contributed by atoms with van der Waals surface area (Å²) in [6.07, 6.45) is 5.23. The highest BCUT2D eigenvalue weighted by Crippen LogP contribution is 2.19. The number of nitrogens with two attached hydrogens (primary N) is 1. The van der Waals surface area contributed by atoms with E-state index in [1.807, 2.05) is 18.2 Å². The SMILES string of the molecule is Nc1nonc1-n1nnc(C(=O)NCCCc2ccccc2)c1CN1CCCCC1. The van der Waals surface area contributed by atoms with Crippen molar-refractivity contribution >= 4 is 11.7 Å². The number of aromatic nitrogens is 5. The minimum absolute atomic E-state index is 0.106. The van der Waals surface area contributed by atoms with Crippen molar-refractivity contribution in [2.75, 3.05) is 25.4 Å². The van der Waals surface area contributed by atoms with Gasteiger partial charge < -0.3 is 11.1 Å². The highest BCUT2D eigenvalue weighted by Gasteiger charge is 2.25. The fourth-order valence-electron chi connectivity index (χ4n) is 3.68. The van der Waals surface area contributed by atoms with Crippen molar-refractivity contribution < 1.29 is 9.42 Å². The van der Waals surface area contributed by atoms with Crippen LogP contribution in [0.2, 0.25) is 0 Å². The van der Waals surface area contributed by atoms with Crippen LogP contribution in [0.25, 0.3) is 5.82 Å². The Hall–Kier alpha value is -3.27. The second-order valence-electron chi connectivity index (χ2n) is 7.45. The first-order valence-electron chi connectivity index (χ1n) is 10.3. The number of anilines is 1. The van der Waals surface area contributed by atoms with Gasteiger partial charge in [-0.1, -0.05) is 42.0 Å². The number of nitrogens with zero attached hydrogens (tertiary/aromatic N) is 6. The smallest absolute Gasteiger partial charge is 0.273 e. The Morgan fingerprint density at radius 2 is 1.93 bits per heavy atom. The minimum atomic E-state index is -0.253. The maximum absolute atomic E-state index is 12.9. The van der Waals surface area contributed by atoms with Gasteiger partial charge in [0, 0.05) is 13.1 Å². The van der Waals surface area contributed by atoms with Crippen molar-refractivity contribution in [2.24, 2.45) is 0 Å². The van der Waals surface area contributed by atoms with Crippen molar-refractivity contribution in [3.63, 3.8) is 0 Å². The summed E-state index contributed by atoms with van der Waals surface area (Å²) in [5, 5.41) is 18.6. The Morgan fingerprint density at radius 3 is 2.67 bits per heavy atom. The predicted octanol–water partition coefficient (Wildman–Crippen LogP) is 1.58. The molecule has 1 aliphatic heterocycles. The lowest BCUT2D eigenvalue weighted by Crippen LogP contribution is -2.32. The Morgan fingerprint density at radius 1 is 1.13 bits per heavy atom. The number of nitrogens with one attached hydrogen (secondary N) is 1. The van der Waals surface area contributed by atoms with E-state index in [1.54, 1.807) is 0 Å². The molecule has 1 fully saturated rings. The number of piperidine rings is 1. The van der Waals surface area contributed by atoms with E-state index in [-0.39, 0.29) is 23.2 Å². The van der Waals surface area contributed by atoms with Crippen LogP contribution in [0, 0.1) is 0 Å². The fraction of sp³-hybridized carbons (Fsp3) is 0.450. The van der Waals surface area contributed by atoms with Crippen molar-refractivity contribution in [3.8, 4) is 5.82 Å². The third-order valence-corrected chi connectivity index (χ3v) is 5.27. The van der Waals surface area contributed by atoms with Gasteiger partial charge in [0.15, 0.2) is 5.69 Å². The number of carbonyl (C=O) groups is 1. The summed E-state index contributed by atoms with van der Waals surface area (Å²) in [7, 11) is 0. The molecule has 2 aromatic heterocycles. The minimum Gasteiger partial charge on any atom is -0.378 e. The molecule has 1 aliphatic rings. The molecule has 0 bridgehead atoms. The molecule has 1 saturated heterocycles. The Labute approximate surface area is 174 Å². The van der Waals surface area contributed by atoms with Crippen molar-refractivity contribution in [1.29, 1.82) is 0 Å². The summed E-state index contributed by atoms with van der Waals surface area (Å²) in [6.45, 7) is 3.02. The highest BCUT2D eigenvalue weighted by molar-refractivity contribution is 5.93. The molecule has 3 heterocycles. The first-order chi connectivity index (χ1) is 14.7. The van der Waals surface area contributed by atoms with Gasteiger partial charge in [-0.05, 0) is 54.6 Å². The standard InChI is InChI=1S/C20H26N8O2/c21-18-19(25-30-24-18)28-16(14-27-12-5-2-6-13-27)17(23-26-28)20(29)22-11-7-10-15-8-3-1-4-9-15/h1,3-4,8-9H,2,5-7,10-14H2,(H2,21,24)(H,22,29). The summed E-state index contributed by atoms with van der Waals surface area (Å²) in [5.41, 5.74) is 8.01. The zero-order valence-electron chi connectivity index (χ0n) is 16.8. The molecule has 3 aromatic rings. The van der Waals surface area contributed by atoms with Crippen LogP contribution in [0.5, 0.6) is 0 Å². The Balaban J connectivity index is 1.46. The number of hydrogen-bond donors (Lipinski definition) is 2. The number of amides is 1. The molecular formula is C20H26N8O2. The van der Waals surface area contributed by atoms with Gasteiger partial charge in [0.05, 0.1) is 5.69 Å². The van der Waals surface area contributed by atoms with Gasteiger partial charge in [-0.3, -0.25) is 9.69 Å². The lowest BCUT2D eigenvalue weighted by atomic mass is 10.1. The van der Waals surface area contributed by atoms with E-state index < -0.39 is 0 Å². The normalized spacial score (nSPS) is 14.7. The second kappa shape index (κ2) is 9.49. The molecule has 4 rings (SSSR count). The van der Waals surface area contributed by atoms with E-state index in [2.05, 4.69) is 43.0 Å². The van der Waals surface area contributed by atoms with E-state index in [0.29, 0.717) is 18.8 Å². The zero-order chi connectivity index (χ0) is 20.8. The van der Waals surface area contributed by atoms with E-state index in [0.717, 1.165) is 38.8 Å². The van der Waals surface area contributed by atoms with Crippen LogP contribution in [0.15, 0.2) is 35.0 Å². The molecule has 0 spiro atoms. The third-order valence-electron chi connectivity index (χ3n) is 5.27. The average molecular weight is 410 g/mol. The molecule has 1 aromatic carbocycles. The van der Waals surface area contributed by atoms with Crippen LogP contribution in [0.1, 0.15) is 47.4 Å². The monoisotopic (exact) mass is 410 g/mol. The summed E-state index contributed by atoms with van der Waals surface area (Å²) in [5.74, 6) is 0.101. The lowest BCUT2D eigenvalue weighted by molar-refractivity contribution is 0.0945. The molecule has 0 radical (unpaired) electrons. The molecule has 30 heavy (non-hydrogen) atoms. The van der Waals surface area contributed by atoms with Crippen molar-refractivity contribution in [2.45, 2.75) is 38.6 Å². The van der Waals surface area contributed by atoms with Crippen molar-refractivity contribution in [1.82, 2.24) is 35.5 Å². The molecule has 3 N–H and O–H groups in total. The van der Waals surface area contributed by atoms with Crippen LogP contribution in [0.3, 0.4) is 0 Å². The van der Waals surface area contributed by atoms with Gasteiger partial charge in [0.2, 0.25) is 11.6 Å². The molecule has 10 nitrogen and oxygen atoms in total. The van der Waals surface area contributed by atoms with Crippen LogP contribution >= 0.6 is 0 Å². The second-order valence-corrected chi connectivity index (χ2v) is 7.45. The van der Waals surface area contributed by atoms with Crippen molar-refractivity contribution in [3.05, 3.63) is 47.3 Å². The quantitative estimate of drug-likeness (QED) is 0.536. The van der Waals surface area contributed by atoms with E-state index >= 15 is 0 Å². The van der Waals surface area contributed by atoms with Crippen LogP contribution in [-0.4, -0.2) is 55.7 Å². The maximum atomic E-state index is 12.9. The summed E-state index contributed by atoms with van der Waals surface area (Å²) < 4.78 is 6.17. The number of rotatable bonds is 8. The average Bonchev–Trinajstić information content (AvgIpc) is 3.38. The van der Waals surface area contributed by atoms with Crippen LogP contribution in [-0.2, 0) is 13.0 Å². The molecule has 0 saturated carbocycles. The topological polar surface area (TPSA) is 128 Å². The van der Waals surface area contributed by atoms with Gasteiger partial charge in [0.1, 0.15) is 0 Å². The summed E-state index contributed by atoms with van der Waals surface area (Å²) >= 11 is 0. The molecule has 0 aliphatic carbocycles. The molecule has 1 amide bonds. The number of aryl methyl sites for hydroxylation is 1. The first kappa shape index (κ1) is 20.0. The largest absolute Gasteiger partial charge is 0.378 e. The molecule has 0 unspecified atom stereocenters. The number of likely N-dealkylation sites (tertiary alicyclic amines) is 1. The number of hydrogen-bond acceptors (Lipinski definition) is 8. The number of carbonyl (C=O) groups excluding carboxylic acids is 1. The molecule has 10 heteroatoms. The molecule has 0 atom stereocenters. The molecule has 158 valence electrons. The van der Waals surface area contributed by atoms with Gasteiger partial charge in [-0.25, -0.2) is 4.63 Å². The lowest BCUT2D eigenvalue weighted by Gasteiger charge is -2.26. The Kier molecular flexibility index (Phi) is 6.33. The number of nitrogen functional groups attached to an aromatic ring is 1. The van der Waals surface area contributed by atoms with E-state index in [9.17, 15) is 4.79 Å². The third kappa shape index (κ3) is 4.65. The predicted molar refractivity (Wildman–Crippen MR) is 110 cm³/mol. The highest BCUT2D eigenvalue weighted by atomic mass is 16.6. The van der Waals surface area contributed by atoms with Gasteiger partial charge in [-0.2, -0.15) is 4.68 Å². The van der Waals surface area contributed by atoms with E-state index in [1.165, 1.54) is 16.7 Å². The fourth-order valence-corrected chi connectivity index (χ4v) is 3.68. The summed E-state index contributed by atoms with van der Waals surface area (Å²) in [4.78, 5) is 15.1. The van der Waals surface area contributed by atoms with Gasteiger partial charge in [-0.15, -0.1) is 5.10 Å². The van der Waals surface area contributed by atoms with Crippen LogP contribution in [0.4, 0.5) is 5.82 Å². The first-order valence-corrected chi connectivity index (χ1v) is 10.3. The Bertz CT molecular complexity index is 962. The zero-order valence-corrected chi connectivity index (χ0v) is 16.8. The maximum Gasteiger partial charge on any atom is 0.273 e. The molecular weight excluding hydrogens is 384 g/mol.